The first kappa shape index (κ1) is 17.6. The molecule has 23 heavy (non-hydrogen) atoms. The van der Waals surface area contributed by atoms with E-state index in [2.05, 4.69) is 24.1 Å². The number of thiazole rings is 1. The zero-order valence-corrected chi connectivity index (χ0v) is 14.3. The molecular weight excluding hydrogens is 315 g/mol. The third-order valence-electron chi connectivity index (χ3n) is 3.37. The van der Waals surface area contributed by atoms with Gasteiger partial charge in [0.1, 0.15) is 16.9 Å². The highest BCUT2D eigenvalue weighted by molar-refractivity contribution is 7.13. The van der Waals surface area contributed by atoms with Crippen LogP contribution in [-0.2, 0) is 16.1 Å². The van der Waals surface area contributed by atoms with Crippen molar-refractivity contribution in [2.45, 2.75) is 32.9 Å². The van der Waals surface area contributed by atoms with Crippen molar-refractivity contribution < 1.29 is 13.9 Å². The van der Waals surface area contributed by atoms with Gasteiger partial charge in [-0.2, -0.15) is 0 Å². The fourth-order valence-electron chi connectivity index (χ4n) is 2.22. The van der Waals surface area contributed by atoms with E-state index in [-0.39, 0.29) is 17.8 Å². The molecule has 1 aromatic heterocycles. The van der Waals surface area contributed by atoms with Gasteiger partial charge in [-0.3, -0.25) is 10.1 Å². The smallest absolute Gasteiger partial charge is 0.322 e. The maximum Gasteiger partial charge on any atom is 0.322 e. The lowest BCUT2D eigenvalue weighted by Gasteiger charge is -2.17. The summed E-state index contributed by atoms with van der Waals surface area (Å²) in [6.45, 7) is 4.62. The molecule has 1 heterocycles. The van der Waals surface area contributed by atoms with Gasteiger partial charge in [0.25, 0.3) is 0 Å². The minimum atomic E-state index is -0.337. The van der Waals surface area contributed by atoms with E-state index in [1.165, 1.54) is 30.6 Å². The van der Waals surface area contributed by atoms with Crippen LogP contribution in [0.1, 0.15) is 26.0 Å². The topological polar surface area (TPSA) is 51.2 Å². The Kier molecular flexibility index (Phi) is 6.24. The number of nitrogens with zero attached hydrogens (tertiary/aromatic N) is 1. The van der Waals surface area contributed by atoms with E-state index in [0.29, 0.717) is 18.9 Å². The van der Waals surface area contributed by atoms with Gasteiger partial charge in [-0.25, -0.2) is 9.37 Å². The average molecular weight is 336 g/mol. The monoisotopic (exact) mass is 336 g/mol. The van der Waals surface area contributed by atoms with Gasteiger partial charge in [0, 0.05) is 17.5 Å². The number of benzene rings is 1. The van der Waals surface area contributed by atoms with Crippen LogP contribution >= 0.6 is 11.3 Å². The Morgan fingerprint density at radius 1 is 1.35 bits per heavy atom. The molecule has 0 aliphatic rings. The second-order valence-electron chi connectivity index (χ2n) is 5.74. The van der Waals surface area contributed by atoms with Crippen molar-refractivity contribution >= 4 is 17.3 Å². The first-order chi connectivity index (χ1) is 11.0. The van der Waals surface area contributed by atoms with E-state index in [0.717, 1.165) is 16.3 Å². The predicted molar refractivity (Wildman–Crippen MR) is 89.6 cm³/mol. The third-order valence-corrected chi connectivity index (χ3v) is 4.31. The van der Waals surface area contributed by atoms with Crippen LogP contribution in [-0.4, -0.2) is 24.1 Å². The Labute approximate surface area is 139 Å². The van der Waals surface area contributed by atoms with Crippen LogP contribution in [0.25, 0.3) is 10.6 Å². The number of aromatic nitrogens is 1. The second kappa shape index (κ2) is 8.17. The lowest BCUT2D eigenvalue weighted by molar-refractivity contribution is -0.143. The van der Waals surface area contributed by atoms with Crippen molar-refractivity contribution in [3.8, 4) is 10.6 Å². The van der Waals surface area contributed by atoms with Gasteiger partial charge in [-0.05, 0) is 36.6 Å². The number of carbonyl (C=O) groups is 1. The fourth-order valence-corrected chi connectivity index (χ4v) is 3.04. The summed E-state index contributed by atoms with van der Waals surface area (Å²) in [6.07, 6.45) is 0.710. The van der Waals surface area contributed by atoms with E-state index >= 15 is 0 Å². The molecule has 0 radical (unpaired) electrons. The standard InChI is InChI=1S/C17H21FN2O2S/c1-11(2)8-15(17(21)22-3)19-9-14-10-23-16(20-14)12-4-6-13(18)7-5-12/h4-7,10-11,15,19H,8-9H2,1-3H3. The number of methoxy groups -OCH3 is 1. The first-order valence-electron chi connectivity index (χ1n) is 7.51. The summed E-state index contributed by atoms with van der Waals surface area (Å²) in [6, 6.07) is 5.92. The molecule has 1 unspecified atom stereocenters. The number of esters is 1. The summed E-state index contributed by atoms with van der Waals surface area (Å²) >= 11 is 1.50. The van der Waals surface area contributed by atoms with E-state index in [4.69, 9.17) is 4.74 Å². The molecule has 4 nitrogen and oxygen atoms in total. The van der Waals surface area contributed by atoms with Crippen LogP contribution in [0.5, 0.6) is 0 Å². The molecule has 0 aliphatic heterocycles. The van der Waals surface area contributed by atoms with Crippen LogP contribution in [0.15, 0.2) is 29.6 Å². The van der Waals surface area contributed by atoms with Gasteiger partial charge < -0.3 is 4.74 Å². The lowest BCUT2D eigenvalue weighted by Crippen LogP contribution is -2.38. The molecule has 1 aromatic carbocycles. The molecule has 2 aromatic rings. The normalized spacial score (nSPS) is 12.4. The zero-order chi connectivity index (χ0) is 16.8. The minimum Gasteiger partial charge on any atom is -0.468 e. The van der Waals surface area contributed by atoms with Gasteiger partial charge in [0.05, 0.1) is 12.8 Å². The highest BCUT2D eigenvalue weighted by Crippen LogP contribution is 2.24. The first-order valence-corrected chi connectivity index (χ1v) is 8.39. The molecule has 0 amide bonds. The van der Waals surface area contributed by atoms with Crippen molar-refractivity contribution in [2.24, 2.45) is 5.92 Å². The number of ether oxygens (including phenoxy) is 1. The molecule has 0 fully saturated rings. The molecule has 0 saturated heterocycles. The van der Waals surface area contributed by atoms with Crippen LogP contribution in [0.2, 0.25) is 0 Å². The quantitative estimate of drug-likeness (QED) is 0.785. The Balaban J connectivity index is 2.00. The largest absolute Gasteiger partial charge is 0.468 e. The van der Waals surface area contributed by atoms with Crippen LogP contribution in [0, 0.1) is 11.7 Å². The number of nitrogens with one attached hydrogen (secondary N) is 1. The summed E-state index contributed by atoms with van der Waals surface area (Å²) in [4.78, 5) is 16.3. The van der Waals surface area contributed by atoms with E-state index < -0.39 is 0 Å². The van der Waals surface area contributed by atoms with Crippen molar-refractivity contribution in [3.63, 3.8) is 0 Å². The van der Waals surface area contributed by atoms with E-state index in [1.807, 2.05) is 5.38 Å². The van der Waals surface area contributed by atoms with Crippen molar-refractivity contribution in [2.75, 3.05) is 7.11 Å². The summed E-state index contributed by atoms with van der Waals surface area (Å²) in [5.41, 5.74) is 1.74. The Morgan fingerprint density at radius 3 is 2.65 bits per heavy atom. The number of rotatable bonds is 7. The molecule has 124 valence electrons. The summed E-state index contributed by atoms with van der Waals surface area (Å²) in [5, 5.41) is 5.98. The molecule has 6 heteroatoms. The van der Waals surface area contributed by atoms with Crippen molar-refractivity contribution in [1.82, 2.24) is 10.3 Å². The minimum absolute atomic E-state index is 0.257. The second-order valence-corrected chi connectivity index (χ2v) is 6.60. The van der Waals surface area contributed by atoms with Crippen LogP contribution in [0.4, 0.5) is 4.39 Å². The zero-order valence-electron chi connectivity index (χ0n) is 13.5. The summed E-state index contributed by atoms with van der Waals surface area (Å²) in [5.74, 6) is -0.133. The van der Waals surface area contributed by atoms with Crippen molar-refractivity contribution in [3.05, 3.63) is 41.2 Å². The summed E-state index contributed by atoms with van der Waals surface area (Å²) in [7, 11) is 1.40. The number of hydrogen-bond acceptors (Lipinski definition) is 5. The highest BCUT2D eigenvalue weighted by Gasteiger charge is 2.20. The maximum atomic E-state index is 13.0. The molecular formula is C17H21FN2O2S. The highest BCUT2D eigenvalue weighted by atomic mass is 32.1. The van der Waals surface area contributed by atoms with Gasteiger partial charge in [-0.1, -0.05) is 13.8 Å². The maximum absolute atomic E-state index is 13.0. The lowest BCUT2D eigenvalue weighted by atomic mass is 10.0. The van der Waals surface area contributed by atoms with Gasteiger partial charge in [0.15, 0.2) is 0 Å². The molecule has 0 aliphatic carbocycles. The molecule has 0 saturated carbocycles. The molecule has 2 rings (SSSR count). The Hall–Kier alpha value is -1.79. The molecule has 0 bridgehead atoms. The number of hydrogen-bond donors (Lipinski definition) is 1. The van der Waals surface area contributed by atoms with Gasteiger partial charge in [0.2, 0.25) is 0 Å². The fraction of sp³-hybridized carbons (Fsp3) is 0.412. The summed E-state index contributed by atoms with van der Waals surface area (Å²) < 4.78 is 17.8. The number of halogens is 1. The Morgan fingerprint density at radius 2 is 2.04 bits per heavy atom. The van der Waals surface area contributed by atoms with Crippen LogP contribution in [0.3, 0.4) is 0 Å². The SMILES string of the molecule is COC(=O)C(CC(C)C)NCc1csc(-c2ccc(F)cc2)n1. The molecule has 1 N–H and O–H groups in total. The third kappa shape index (κ3) is 5.11. The predicted octanol–water partition coefficient (Wildman–Crippen LogP) is 3.63. The van der Waals surface area contributed by atoms with E-state index in [9.17, 15) is 9.18 Å². The Bertz CT molecular complexity index is 640. The van der Waals surface area contributed by atoms with Gasteiger partial charge in [-0.15, -0.1) is 11.3 Å². The molecule has 0 spiro atoms. The average Bonchev–Trinajstić information content (AvgIpc) is 3.00. The van der Waals surface area contributed by atoms with Crippen LogP contribution < -0.4 is 5.32 Å². The van der Waals surface area contributed by atoms with E-state index in [1.54, 1.807) is 12.1 Å². The van der Waals surface area contributed by atoms with Crippen molar-refractivity contribution in [1.29, 1.82) is 0 Å². The van der Waals surface area contributed by atoms with Gasteiger partial charge >= 0.3 is 5.97 Å². The molecule has 1 atom stereocenters. The number of carbonyl (C=O) groups excluding carboxylic acids is 1.